The molecular formula is C15H26N2. The van der Waals surface area contributed by atoms with E-state index >= 15 is 0 Å². The Morgan fingerprint density at radius 3 is 2.12 bits per heavy atom. The highest BCUT2D eigenvalue weighted by atomic mass is 15.1. The lowest BCUT2D eigenvalue weighted by Crippen LogP contribution is -2.22. The molecule has 0 radical (unpaired) electrons. The molecular weight excluding hydrogens is 208 g/mol. The van der Waals surface area contributed by atoms with Crippen LogP contribution < -0.4 is 5.73 Å². The van der Waals surface area contributed by atoms with Gasteiger partial charge in [-0.15, -0.1) is 0 Å². The molecule has 0 bridgehead atoms. The molecule has 2 heteroatoms. The summed E-state index contributed by atoms with van der Waals surface area (Å²) in [5, 5.41) is 0. The Morgan fingerprint density at radius 2 is 1.71 bits per heavy atom. The first kappa shape index (κ1) is 14.2. The SMILES string of the molecule is CC(C)Cc1ccc(C(CCN)N(C)C)cc1. The van der Waals surface area contributed by atoms with Crippen LogP contribution in [0.1, 0.15) is 37.4 Å². The molecule has 0 heterocycles. The summed E-state index contributed by atoms with van der Waals surface area (Å²) in [6.45, 7) is 5.24. The average molecular weight is 234 g/mol. The number of hydrogen-bond acceptors (Lipinski definition) is 2. The number of benzene rings is 1. The van der Waals surface area contributed by atoms with Crippen molar-refractivity contribution in [1.29, 1.82) is 0 Å². The van der Waals surface area contributed by atoms with E-state index in [1.165, 1.54) is 11.1 Å². The smallest absolute Gasteiger partial charge is 0.0354 e. The zero-order valence-electron chi connectivity index (χ0n) is 11.6. The Morgan fingerprint density at radius 1 is 1.12 bits per heavy atom. The van der Waals surface area contributed by atoms with Gasteiger partial charge in [0.2, 0.25) is 0 Å². The van der Waals surface area contributed by atoms with Crippen molar-refractivity contribution >= 4 is 0 Å². The molecule has 1 rings (SSSR count). The molecule has 96 valence electrons. The highest BCUT2D eigenvalue weighted by molar-refractivity contribution is 5.25. The molecule has 0 aliphatic carbocycles. The van der Waals surface area contributed by atoms with Gasteiger partial charge in [0.05, 0.1) is 0 Å². The first-order valence-corrected chi connectivity index (χ1v) is 6.50. The standard InChI is InChI=1S/C15H26N2/c1-12(2)11-13-5-7-14(8-6-13)15(9-10-16)17(3)4/h5-8,12,15H,9-11,16H2,1-4H3. The predicted molar refractivity (Wildman–Crippen MR) is 75.1 cm³/mol. The summed E-state index contributed by atoms with van der Waals surface area (Å²) < 4.78 is 0. The molecule has 0 amide bonds. The van der Waals surface area contributed by atoms with Crippen LogP contribution in [0, 0.1) is 5.92 Å². The molecule has 0 aliphatic heterocycles. The van der Waals surface area contributed by atoms with Crippen molar-refractivity contribution in [1.82, 2.24) is 4.90 Å². The molecule has 0 fully saturated rings. The quantitative estimate of drug-likeness (QED) is 0.820. The Hall–Kier alpha value is -0.860. The van der Waals surface area contributed by atoms with Crippen LogP contribution in [-0.4, -0.2) is 25.5 Å². The fourth-order valence-corrected chi connectivity index (χ4v) is 2.23. The number of nitrogens with two attached hydrogens (primary N) is 1. The van der Waals surface area contributed by atoms with Crippen molar-refractivity contribution in [2.75, 3.05) is 20.6 Å². The summed E-state index contributed by atoms with van der Waals surface area (Å²) >= 11 is 0. The van der Waals surface area contributed by atoms with E-state index in [1.54, 1.807) is 0 Å². The molecule has 0 saturated heterocycles. The minimum atomic E-state index is 0.438. The van der Waals surface area contributed by atoms with Gasteiger partial charge in [0.15, 0.2) is 0 Å². The molecule has 1 aromatic carbocycles. The van der Waals surface area contributed by atoms with Gasteiger partial charge in [-0.25, -0.2) is 0 Å². The summed E-state index contributed by atoms with van der Waals surface area (Å²) in [4.78, 5) is 2.24. The maximum Gasteiger partial charge on any atom is 0.0354 e. The van der Waals surface area contributed by atoms with E-state index in [2.05, 4.69) is 57.1 Å². The van der Waals surface area contributed by atoms with Crippen molar-refractivity contribution in [3.05, 3.63) is 35.4 Å². The largest absolute Gasteiger partial charge is 0.330 e. The van der Waals surface area contributed by atoms with Crippen molar-refractivity contribution in [2.45, 2.75) is 32.7 Å². The minimum Gasteiger partial charge on any atom is -0.330 e. The normalized spacial score (nSPS) is 13.4. The van der Waals surface area contributed by atoms with Gasteiger partial charge in [-0.2, -0.15) is 0 Å². The van der Waals surface area contributed by atoms with E-state index in [0.29, 0.717) is 6.04 Å². The highest BCUT2D eigenvalue weighted by Crippen LogP contribution is 2.22. The van der Waals surface area contributed by atoms with Gasteiger partial charge in [-0.05, 0) is 50.5 Å². The van der Waals surface area contributed by atoms with Crippen LogP contribution in [0.15, 0.2) is 24.3 Å². The Bertz CT molecular complexity index is 314. The number of nitrogens with zero attached hydrogens (tertiary/aromatic N) is 1. The molecule has 17 heavy (non-hydrogen) atoms. The van der Waals surface area contributed by atoms with E-state index < -0.39 is 0 Å². The fraction of sp³-hybridized carbons (Fsp3) is 0.600. The number of rotatable bonds is 6. The zero-order valence-corrected chi connectivity index (χ0v) is 11.6. The lowest BCUT2D eigenvalue weighted by atomic mass is 9.98. The maximum absolute atomic E-state index is 5.67. The van der Waals surface area contributed by atoms with Crippen LogP contribution in [0.2, 0.25) is 0 Å². The van der Waals surface area contributed by atoms with Crippen LogP contribution in [0.25, 0.3) is 0 Å². The predicted octanol–water partition coefficient (Wildman–Crippen LogP) is 2.84. The van der Waals surface area contributed by atoms with Crippen LogP contribution in [-0.2, 0) is 6.42 Å². The zero-order chi connectivity index (χ0) is 12.8. The molecule has 0 aliphatic rings. The molecule has 1 aromatic rings. The lowest BCUT2D eigenvalue weighted by Gasteiger charge is -2.24. The second-order valence-corrected chi connectivity index (χ2v) is 5.40. The van der Waals surface area contributed by atoms with Crippen LogP contribution in [0.3, 0.4) is 0 Å². The van der Waals surface area contributed by atoms with Gasteiger partial charge < -0.3 is 10.6 Å². The highest BCUT2D eigenvalue weighted by Gasteiger charge is 2.12. The molecule has 2 N–H and O–H groups in total. The summed E-state index contributed by atoms with van der Waals surface area (Å²) in [7, 11) is 4.23. The van der Waals surface area contributed by atoms with Crippen molar-refractivity contribution in [3.63, 3.8) is 0 Å². The van der Waals surface area contributed by atoms with Crippen molar-refractivity contribution in [2.24, 2.45) is 11.7 Å². The monoisotopic (exact) mass is 234 g/mol. The van der Waals surface area contributed by atoms with Gasteiger partial charge in [0.25, 0.3) is 0 Å². The van der Waals surface area contributed by atoms with E-state index in [1.807, 2.05) is 0 Å². The van der Waals surface area contributed by atoms with Gasteiger partial charge in [0, 0.05) is 6.04 Å². The van der Waals surface area contributed by atoms with E-state index in [9.17, 15) is 0 Å². The topological polar surface area (TPSA) is 29.3 Å². The minimum absolute atomic E-state index is 0.438. The van der Waals surface area contributed by atoms with Gasteiger partial charge in [-0.3, -0.25) is 0 Å². The molecule has 1 unspecified atom stereocenters. The summed E-state index contributed by atoms with van der Waals surface area (Å²) in [5.74, 6) is 0.717. The lowest BCUT2D eigenvalue weighted by molar-refractivity contribution is 0.287. The fourth-order valence-electron chi connectivity index (χ4n) is 2.23. The van der Waals surface area contributed by atoms with Gasteiger partial charge in [0.1, 0.15) is 0 Å². The van der Waals surface area contributed by atoms with E-state index in [-0.39, 0.29) is 0 Å². The maximum atomic E-state index is 5.67. The van der Waals surface area contributed by atoms with Gasteiger partial charge in [-0.1, -0.05) is 38.1 Å². The molecule has 0 spiro atoms. The first-order chi connectivity index (χ1) is 8.04. The average Bonchev–Trinajstić information content (AvgIpc) is 2.26. The summed E-state index contributed by atoms with van der Waals surface area (Å²) in [6, 6.07) is 9.44. The third-order valence-electron chi connectivity index (χ3n) is 3.07. The Kier molecular flexibility index (Phi) is 5.66. The molecule has 2 nitrogen and oxygen atoms in total. The van der Waals surface area contributed by atoms with Crippen molar-refractivity contribution < 1.29 is 0 Å². The molecule has 0 aromatic heterocycles. The molecule has 1 atom stereocenters. The van der Waals surface area contributed by atoms with Crippen LogP contribution >= 0.6 is 0 Å². The summed E-state index contributed by atoms with van der Waals surface area (Å²) in [6.07, 6.45) is 2.17. The van der Waals surface area contributed by atoms with Gasteiger partial charge >= 0.3 is 0 Å². The van der Waals surface area contributed by atoms with E-state index in [4.69, 9.17) is 5.73 Å². The third-order valence-corrected chi connectivity index (χ3v) is 3.07. The number of hydrogen-bond donors (Lipinski definition) is 1. The first-order valence-electron chi connectivity index (χ1n) is 6.50. The third kappa shape index (κ3) is 4.49. The second-order valence-electron chi connectivity index (χ2n) is 5.40. The summed E-state index contributed by atoms with van der Waals surface area (Å²) in [5.41, 5.74) is 8.47. The Balaban J connectivity index is 2.77. The molecule has 0 saturated carbocycles. The van der Waals surface area contributed by atoms with E-state index in [0.717, 1.165) is 25.3 Å². The van der Waals surface area contributed by atoms with Crippen LogP contribution in [0.5, 0.6) is 0 Å². The second kappa shape index (κ2) is 6.77. The van der Waals surface area contributed by atoms with Crippen molar-refractivity contribution in [3.8, 4) is 0 Å². The van der Waals surface area contributed by atoms with Crippen LogP contribution in [0.4, 0.5) is 0 Å². The Labute approximate surface area is 106 Å².